The molecule has 30 heavy (non-hydrogen) atoms. The normalized spacial score (nSPS) is 18.1. The van der Waals surface area contributed by atoms with Crippen molar-refractivity contribution in [3.63, 3.8) is 0 Å². The van der Waals surface area contributed by atoms with E-state index in [1.165, 1.54) is 17.8 Å². The zero-order valence-electron chi connectivity index (χ0n) is 17.3. The number of hydrogen-bond donors (Lipinski definition) is 1. The molecule has 4 rings (SSSR count). The molecule has 1 atom stereocenters. The van der Waals surface area contributed by atoms with Gasteiger partial charge in [-0.2, -0.15) is 0 Å². The fraction of sp³-hybridized carbons (Fsp3) is 0.409. The minimum atomic E-state index is -0.460. The lowest BCUT2D eigenvalue weighted by Gasteiger charge is -2.37. The number of methoxy groups -OCH3 is 1. The molecule has 158 valence electrons. The molecule has 0 bridgehead atoms. The van der Waals surface area contributed by atoms with Gasteiger partial charge in [-0.05, 0) is 30.4 Å². The van der Waals surface area contributed by atoms with Crippen LogP contribution in [0.2, 0.25) is 0 Å². The van der Waals surface area contributed by atoms with Crippen LogP contribution in [0.15, 0.2) is 41.3 Å². The first kappa shape index (κ1) is 20.2. The summed E-state index contributed by atoms with van der Waals surface area (Å²) in [4.78, 5) is 40.0. The second kappa shape index (κ2) is 8.31. The number of amides is 2. The van der Waals surface area contributed by atoms with Crippen LogP contribution in [0.1, 0.15) is 50.9 Å². The van der Waals surface area contributed by atoms with Crippen LogP contribution in [0.3, 0.4) is 0 Å². The van der Waals surface area contributed by atoms with E-state index in [9.17, 15) is 14.4 Å². The second-order valence-electron chi connectivity index (χ2n) is 7.76. The van der Waals surface area contributed by atoms with Crippen molar-refractivity contribution in [2.24, 2.45) is 0 Å². The zero-order valence-corrected chi connectivity index (χ0v) is 17.3. The predicted molar refractivity (Wildman–Crippen MR) is 112 cm³/mol. The lowest BCUT2D eigenvalue weighted by atomic mass is 9.87. The number of fused-ring (bicyclic) bond motifs is 2. The summed E-state index contributed by atoms with van der Waals surface area (Å²) in [6.45, 7) is 1.18. The third kappa shape index (κ3) is 3.70. The monoisotopic (exact) mass is 410 g/mol. The van der Waals surface area contributed by atoms with E-state index in [1.807, 2.05) is 18.2 Å². The maximum absolute atomic E-state index is 13.0. The number of nitrogens with zero attached hydrogens (tertiary/aromatic N) is 3. The molecule has 1 N–H and O–H groups in total. The molecule has 1 aliphatic carbocycles. The van der Waals surface area contributed by atoms with Crippen LogP contribution in [-0.4, -0.2) is 55.4 Å². The molecule has 1 aromatic carbocycles. The summed E-state index contributed by atoms with van der Waals surface area (Å²) < 4.78 is 6.63. The molecular formula is C22H26N4O4. The zero-order chi connectivity index (χ0) is 21.3. The molecule has 2 amide bonds. The molecule has 0 saturated carbocycles. The third-order valence-corrected chi connectivity index (χ3v) is 5.77. The fourth-order valence-electron chi connectivity index (χ4n) is 4.19. The van der Waals surface area contributed by atoms with E-state index in [1.54, 1.807) is 28.7 Å². The molecular weight excluding hydrogens is 384 g/mol. The van der Waals surface area contributed by atoms with Gasteiger partial charge < -0.3 is 15.0 Å². The highest BCUT2D eigenvalue weighted by atomic mass is 16.5. The lowest BCUT2D eigenvalue weighted by molar-refractivity contribution is 0.0634. The molecule has 8 nitrogen and oxygen atoms in total. The number of pyridine rings is 1. The van der Waals surface area contributed by atoms with Gasteiger partial charge in [0.25, 0.3) is 11.8 Å². The molecule has 1 aliphatic heterocycles. The Labute approximate surface area is 175 Å². The number of nitrogens with one attached hydrogen (secondary N) is 1. The van der Waals surface area contributed by atoms with Crippen LogP contribution >= 0.6 is 0 Å². The lowest BCUT2D eigenvalue weighted by Crippen LogP contribution is -2.53. The summed E-state index contributed by atoms with van der Waals surface area (Å²) in [7, 11) is 3.38. The first-order valence-corrected chi connectivity index (χ1v) is 10.1. The van der Waals surface area contributed by atoms with Crippen molar-refractivity contribution >= 4 is 11.8 Å². The Bertz CT molecular complexity index is 1030. The molecule has 2 heterocycles. The van der Waals surface area contributed by atoms with E-state index in [4.69, 9.17) is 4.74 Å². The number of carbonyl (C=O) groups is 2. The van der Waals surface area contributed by atoms with Crippen molar-refractivity contribution < 1.29 is 14.3 Å². The molecule has 0 fully saturated rings. The van der Waals surface area contributed by atoms with Gasteiger partial charge in [-0.3, -0.25) is 24.1 Å². The van der Waals surface area contributed by atoms with Crippen molar-refractivity contribution in [2.75, 3.05) is 39.0 Å². The Balaban J connectivity index is 1.59. The van der Waals surface area contributed by atoms with Gasteiger partial charge in [0.2, 0.25) is 0 Å². The van der Waals surface area contributed by atoms with Gasteiger partial charge in [-0.25, -0.2) is 0 Å². The van der Waals surface area contributed by atoms with Gasteiger partial charge in [0.05, 0.1) is 12.6 Å². The highest BCUT2D eigenvalue weighted by Crippen LogP contribution is 2.29. The Hall–Kier alpha value is -3.13. The fourth-order valence-corrected chi connectivity index (χ4v) is 4.19. The van der Waals surface area contributed by atoms with Gasteiger partial charge in [-0.15, -0.1) is 0 Å². The maximum Gasteiger partial charge on any atom is 0.274 e. The Morgan fingerprint density at radius 1 is 1.27 bits per heavy atom. The van der Waals surface area contributed by atoms with Crippen molar-refractivity contribution in [1.29, 1.82) is 0 Å². The highest BCUT2D eigenvalue weighted by Gasteiger charge is 2.29. The molecule has 8 heteroatoms. The Morgan fingerprint density at radius 2 is 2.07 bits per heavy atom. The van der Waals surface area contributed by atoms with Gasteiger partial charge >= 0.3 is 0 Å². The first-order valence-electron chi connectivity index (χ1n) is 10.1. The van der Waals surface area contributed by atoms with E-state index in [0.717, 1.165) is 24.8 Å². The number of aryl methyl sites for hydroxylation is 1. The number of aromatic nitrogens is 1. The minimum Gasteiger partial charge on any atom is -0.383 e. The van der Waals surface area contributed by atoms with Crippen molar-refractivity contribution in [3.05, 3.63) is 69.1 Å². The van der Waals surface area contributed by atoms with Gasteiger partial charge in [0.1, 0.15) is 17.9 Å². The van der Waals surface area contributed by atoms with E-state index in [-0.39, 0.29) is 23.2 Å². The first-order chi connectivity index (χ1) is 14.5. The average Bonchev–Trinajstić information content (AvgIpc) is 2.75. The summed E-state index contributed by atoms with van der Waals surface area (Å²) in [5, 5.41) is 4.81. The molecule has 1 unspecified atom stereocenters. The van der Waals surface area contributed by atoms with Crippen LogP contribution in [-0.2, 0) is 11.2 Å². The average molecular weight is 410 g/mol. The summed E-state index contributed by atoms with van der Waals surface area (Å²) in [5.74, 6) is -0.671. The highest BCUT2D eigenvalue weighted by molar-refractivity contribution is 5.97. The van der Waals surface area contributed by atoms with Crippen LogP contribution in [0.5, 0.6) is 0 Å². The van der Waals surface area contributed by atoms with Crippen LogP contribution < -0.4 is 15.8 Å². The number of hydrogen-bond acceptors (Lipinski definition) is 5. The molecule has 0 spiro atoms. The summed E-state index contributed by atoms with van der Waals surface area (Å²) in [6, 6.07) is 9.21. The molecule has 1 aromatic heterocycles. The summed E-state index contributed by atoms with van der Waals surface area (Å²) in [6.07, 6.45) is 4.28. The van der Waals surface area contributed by atoms with E-state index in [2.05, 4.69) is 11.4 Å². The Morgan fingerprint density at radius 3 is 2.87 bits per heavy atom. The molecule has 2 aromatic rings. The maximum atomic E-state index is 13.0. The van der Waals surface area contributed by atoms with E-state index >= 15 is 0 Å². The summed E-state index contributed by atoms with van der Waals surface area (Å²) >= 11 is 0. The summed E-state index contributed by atoms with van der Waals surface area (Å²) in [5.41, 5.74) is 2.16. The van der Waals surface area contributed by atoms with Crippen molar-refractivity contribution in [3.8, 4) is 0 Å². The second-order valence-corrected chi connectivity index (χ2v) is 7.76. The Kier molecular flexibility index (Phi) is 5.59. The molecule has 2 aliphatic rings. The van der Waals surface area contributed by atoms with Crippen molar-refractivity contribution in [2.45, 2.75) is 25.3 Å². The quantitative estimate of drug-likeness (QED) is 0.803. The molecule has 0 radical (unpaired) electrons. The SMILES string of the molecule is COCCN1CN(C)n2cc(C(=O)NC3CCCc4ccccc43)c(=O)cc2C1=O. The van der Waals surface area contributed by atoms with Gasteiger partial charge in [0.15, 0.2) is 5.43 Å². The van der Waals surface area contributed by atoms with Gasteiger partial charge in [0, 0.05) is 33.0 Å². The number of benzene rings is 1. The third-order valence-electron chi connectivity index (χ3n) is 5.77. The van der Waals surface area contributed by atoms with Crippen molar-refractivity contribution in [1.82, 2.24) is 14.9 Å². The number of rotatable bonds is 5. The number of ether oxygens (including phenoxy) is 1. The minimum absolute atomic E-state index is 0.0341. The molecule has 0 saturated heterocycles. The van der Waals surface area contributed by atoms with E-state index in [0.29, 0.717) is 19.8 Å². The topological polar surface area (TPSA) is 83.9 Å². The largest absolute Gasteiger partial charge is 0.383 e. The van der Waals surface area contributed by atoms with Crippen LogP contribution in [0.25, 0.3) is 0 Å². The van der Waals surface area contributed by atoms with Crippen LogP contribution in [0.4, 0.5) is 0 Å². The smallest absolute Gasteiger partial charge is 0.274 e. The van der Waals surface area contributed by atoms with Gasteiger partial charge in [-0.1, -0.05) is 24.3 Å². The predicted octanol–water partition coefficient (Wildman–Crippen LogP) is 1.28. The van der Waals surface area contributed by atoms with E-state index < -0.39 is 11.3 Å². The standard InChI is InChI=1S/C22H26N4O4/c1-24-14-25(10-11-30-2)22(29)19-12-20(27)17(13-26(19)24)21(28)23-18-9-5-7-15-6-3-4-8-16(15)18/h3-4,6,8,12-13,18H,5,7,9-11,14H2,1-2H3,(H,23,28). The number of carbonyl (C=O) groups excluding carboxylic acids is 2. The van der Waals surface area contributed by atoms with Crippen LogP contribution in [0, 0.1) is 0 Å².